The zero-order valence-electron chi connectivity index (χ0n) is 20.6. The first-order valence-electron chi connectivity index (χ1n) is 11.9. The van der Waals surface area contributed by atoms with Crippen LogP contribution in [-0.4, -0.2) is 54.2 Å². The number of carbonyl (C=O) groups is 1. The van der Waals surface area contributed by atoms with Crippen molar-refractivity contribution in [2.75, 3.05) is 21.2 Å². The number of ether oxygens (including phenoxy) is 1. The van der Waals surface area contributed by atoms with Gasteiger partial charge in [-0.2, -0.15) is 13.2 Å². The van der Waals surface area contributed by atoms with Crippen LogP contribution in [0, 0.1) is 11.3 Å². The van der Waals surface area contributed by atoms with Crippen LogP contribution in [0.1, 0.15) is 36.3 Å². The van der Waals surface area contributed by atoms with Gasteiger partial charge in [0.05, 0.1) is 18.0 Å². The van der Waals surface area contributed by atoms with E-state index in [4.69, 9.17) is 10.5 Å². The zero-order valence-corrected chi connectivity index (χ0v) is 20.6. The molecule has 9 heteroatoms. The van der Waals surface area contributed by atoms with Gasteiger partial charge in [-0.15, -0.1) is 0 Å². The van der Waals surface area contributed by atoms with Crippen molar-refractivity contribution in [1.29, 1.82) is 0 Å². The molecule has 192 valence electrons. The molecule has 2 unspecified atom stereocenters. The van der Waals surface area contributed by atoms with Crippen LogP contribution >= 0.6 is 0 Å². The van der Waals surface area contributed by atoms with E-state index in [1.807, 2.05) is 43.3 Å². The molecule has 1 aromatic carbocycles. The Morgan fingerprint density at radius 1 is 1.19 bits per heavy atom. The van der Waals surface area contributed by atoms with Crippen molar-refractivity contribution in [3.63, 3.8) is 0 Å². The lowest BCUT2D eigenvalue weighted by molar-refractivity contribution is -0.198. The van der Waals surface area contributed by atoms with Gasteiger partial charge in [0, 0.05) is 41.7 Å². The van der Waals surface area contributed by atoms with E-state index >= 15 is 0 Å². The van der Waals surface area contributed by atoms with Gasteiger partial charge in [0.25, 0.3) is 0 Å². The van der Waals surface area contributed by atoms with Crippen LogP contribution in [0.3, 0.4) is 0 Å². The number of amides is 1. The Balaban J connectivity index is 1.66. The molecule has 2 N–H and O–H groups in total. The maximum Gasteiger partial charge on any atom is 0.395 e. The molecule has 0 aliphatic heterocycles. The number of aromatic nitrogens is 2. The van der Waals surface area contributed by atoms with E-state index in [0.29, 0.717) is 17.9 Å². The molecule has 0 bridgehead atoms. The molecular formula is C27H31F3N4O2. The number of pyridine rings is 2. The number of benzene rings is 1. The molecule has 1 aliphatic rings. The van der Waals surface area contributed by atoms with Gasteiger partial charge in [0.2, 0.25) is 11.8 Å². The van der Waals surface area contributed by atoms with Crippen LogP contribution in [0.5, 0.6) is 5.88 Å². The minimum Gasteiger partial charge on any atom is -0.481 e. The van der Waals surface area contributed by atoms with Crippen molar-refractivity contribution in [3.05, 3.63) is 66.0 Å². The van der Waals surface area contributed by atoms with Gasteiger partial charge in [-0.25, -0.2) is 4.98 Å². The summed E-state index contributed by atoms with van der Waals surface area (Å²) in [6.45, 7) is 0. The summed E-state index contributed by atoms with van der Waals surface area (Å²) >= 11 is 0. The van der Waals surface area contributed by atoms with E-state index in [9.17, 15) is 18.0 Å². The van der Waals surface area contributed by atoms with Crippen LogP contribution in [-0.2, 0) is 11.2 Å². The summed E-state index contributed by atoms with van der Waals surface area (Å²) in [7, 11) is 5.29. The monoisotopic (exact) mass is 500 g/mol. The van der Waals surface area contributed by atoms with Crippen molar-refractivity contribution >= 4 is 16.8 Å². The number of fused-ring (bicyclic) bond motifs is 1. The third-order valence-electron chi connectivity index (χ3n) is 7.42. The minimum atomic E-state index is -4.44. The summed E-state index contributed by atoms with van der Waals surface area (Å²) < 4.78 is 48.1. The molecular weight excluding hydrogens is 469 g/mol. The van der Waals surface area contributed by atoms with Gasteiger partial charge >= 0.3 is 6.18 Å². The maximum absolute atomic E-state index is 14.3. The normalized spacial score (nSPS) is 17.5. The molecule has 6 nitrogen and oxygen atoms in total. The Hall–Kier alpha value is -3.20. The molecule has 0 spiro atoms. The number of halogens is 3. The fourth-order valence-corrected chi connectivity index (χ4v) is 5.26. The standard InChI is InChI=1S/C27H31F3N4O2/c1-34(2)20(14-17-6-8-22-18(13-17)7-9-23(33-22)36-3)15-21(25(31)35)24(19-5-4-12-32-16-19)26(10-11-26)27(28,29)30/h4-9,12-13,16,20-21,24H,10-11,14-15H2,1-3H3,(H2,31,35)/t20-,21?,24?/m1/s1. The molecule has 3 atom stereocenters. The van der Waals surface area contributed by atoms with Crippen LogP contribution < -0.4 is 10.5 Å². The number of hydrogen-bond acceptors (Lipinski definition) is 5. The molecule has 3 aromatic rings. The zero-order chi connectivity index (χ0) is 26.1. The van der Waals surface area contributed by atoms with Crippen molar-refractivity contribution < 1.29 is 22.7 Å². The maximum atomic E-state index is 14.3. The first-order valence-corrected chi connectivity index (χ1v) is 11.9. The number of nitrogens with zero attached hydrogens (tertiary/aromatic N) is 3. The second-order valence-electron chi connectivity index (χ2n) is 9.86. The predicted molar refractivity (Wildman–Crippen MR) is 131 cm³/mol. The number of rotatable bonds is 10. The summed E-state index contributed by atoms with van der Waals surface area (Å²) in [4.78, 5) is 23.2. The highest BCUT2D eigenvalue weighted by molar-refractivity contribution is 5.80. The van der Waals surface area contributed by atoms with Crippen LogP contribution in [0.25, 0.3) is 10.9 Å². The summed E-state index contributed by atoms with van der Waals surface area (Å²) in [5.74, 6) is -2.29. The molecule has 1 amide bonds. The average molecular weight is 501 g/mol. The number of methoxy groups -OCH3 is 1. The summed E-state index contributed by atoms with van der Waals surface area (Å²) in [5.41, 5.74) is 6.04. The van der Waals surface area contributed by atoms with Gasteiger partial charge < -0.3 is 15.4 Å². The van der Waals surface area contributed by atoms with Gasteiger partial charge in [-0.1, -0.05) is 12.1 Å². The van der Waals surface area contributed by atoms with Crippen molar-refractivity contribution in [1.82, 2.24) is 14.9 Å². The number of nitrogens with two attached hydrogens (primary N) is 1. The smallest absolute Gasteiger partial charge is 0.395 e. The van der Waals surface area contributed by atoms with E-state index in [1.165, 1.54) is 12.4 Å². The van der Waals surface area contributed by atoms with Gasteiger partial charge in [-0.05, 0) is 75.2 Å². The number of hydrogen-bond donors (Lipinski definition) is 1. The third kappa shape index (κ3) is 5.16. The SMILES string of the molecule is COc1ccc2cc(C[C@H](CC(C(N)=O)C(c3cccnc3)C3(C(F)(F)F)CC3)N(C)C)ccc2n1. The van der Waals surface area contributed by atoms with Gasteiger partial charge in [0.1, 0.15) is 0 Å². The molecule has 1 fully saturated rings. The fourth-order valence-electron chi connectivity index (χ4n) is 5.26. The van der Waals surface area contributed by atoms with Gasteiger partial charge in [-0.3, -0.25) is 9.78 Å². The Morgan fingerprint density at radius 3 is 2.50 bits per heavy atom. The first-order chi connectivity index (χ1) is 17.1. The molecule has 2 aromatic heterocycles. The topological polar surface area (TPSA) is 81.3 Å². The summed E-state index contributed by atoms with van der Waals surface area (Å²) in [5, 5.41) is 0.930. The molecule has 0 saturated heterocycles. The highest BCUT2D eigenvalue weighted by Crippen LogP contribution is 2.67. The summed E-state index contributed by atoms with van der Waals surface area (Å²) in [6, 6.07) is 12.6. The van der Waals surface area contributed by atoms with Crippen molar-refractivity contribution in [2.24, 2.45) is 17.1 Å². The second kappa shape index (κ2) is 10.0. The predicted octanol–water partition coefficient (Wildman–Crippen LogP) is 4.73. The van der Waals surface area contributed by atoms with E-state index < -0.39 is 29.3 Å². The van der Waals surface area contributed by atoms with Crippen LogP contribution in [0.4, 0.5) is 13.2 Å². The first kappa shape index (κ1) is 25.9. The van der Waals surface area contributed by atoms with Crippen molar-refractivity contribution in [3.8, 4) is 5.88 Å². The Labute approximate surface area is 208 Å². The average Bonchev–Trinajstić information content (AvgIpc) is 3.65. The van der Waals surface area contributed by atoms with Crippen LogP contribution in [0.2, 0.25) is 0 Å². The Morgan fingerprint density at radius 2 is 1.94 bits per heavy atom. The number of primary amides is 1. The van der Waals surface area contributed by atoms with E-state index in [1.54, 1.807) is 25.3 Å². The van der Waals surface area contributed by atoms with Crippen LogP contribution in [0.15, 0.2) is 54.9 Å². The highest BCUT2D eigenvalue weighted by Gasteiger charge is 2.69. The minimum absolute atomic E-state index is 0.0202. The second-order valence-corrected chi connectivity index (χ2v) is 9.86. The quantitative estimate of drug-likeness (QED) is 0.435. The third-order valence-corrected chi connectivity index (χ3v) is 7.42. The lowest BCUT2D eigenvalue weighted by atomic mass is 9.71. The van der Waals surface area contributed by atoms with Crippen molar-refractivity contribution in [2.45, 2.75) is 43.8 Å². The van der Waals surface area contributed by atoms with Gasteiger partial charge in [0.15, 0.2) is 0 Å². The summed E-state index contributed by atoms with van der Waals surface area (Å²) in [6.07, 6.45) is -0.805. The molecule has 1 saturated carbocycles. The Bertz CT molecular complexity index is 1210. The molecule has 4 rings (SSSR count). The molecule has 1 aliphatic carbocycles. The molecule has 0 radical (unpaired) electrons. The van der Waals surface area contributed by atoms with E-state index in [-0.39, 0.29) is 25.3 Å². The number of carbonyl (C=O) groups excluding carboxylic acids is 1. The lowest BCUT2D eigenvalue weighted by Gasteiger charge is -2.37. The highest BCUT2D eigenvalue weighted by atomic mass is 19.4. The molecule has 36 heavy (non-hydrogen) atoms. The number of likely N-dealkylation sites (N-methyl/N-ethyl adjacent to an activating group) is 1. The lowest BCUT2D eigenvalue weighted by Crippen LogP contribution is -2.43. The molecule has 2 heterocycles. The largest absolute Gasteiger partial charge is 0.481 e. The van der Waals surface area contributed by atoms with E-state index in [2.05, 4.69) is 9.97 Å². The van der Waals surface area contributed by atoms with E-state index in [0.717, 1.165) is 16.5 Å². The Kier molecular flexibility index (Phi) is 7.22. The fraction of sp³-hybridized carbons (Fsp3) is 0.444. The number of alkyl halides is 3.